The zero-order chi connectivity index (χ0) is 15.4. The first-order chi connectivity index (χ1) is 10.7. The maximum Gasteiger partial charge on any atom is 0.123 e. The summed E-state index contributed by atoms with van der Waals surface area (Å²) >= 11 is 0. The lowest BCUT2D eigenvalue weighted by Crippen LogP contribution is -2.44. The number of aromatic nitrogens is 2. The number of hydrogen-bond donors (Lipinski definition) is 1. The molecule has 1 N–H and O–H groups in total. The fourth-order valence-electron chi connectivity index (χ4n) is 3.14. The molecule has 1 aliphatic rings. The van der Waals surface area contributed by atoms with Crippen LogP contribution in [0.4, 0.5) is 4.39 Å². The van der Waals surface area contributed by atoms with Crippen molar-refractivity contribution in [1.82, 2.24) is 14.7 Å². The van der Waals surface area contributed by atoms with Crippen molar-refractivity contribution >= 4 is 0 Å². The van der Waals surface area contributed by atoms with Crippen molar-refractivity contribution < 1.29 is 9.50 Å². The van der Waals surface area contributed by atoms with Gasteiger partial charge in [-0.25, -0.2) is 4.39 Å². The normalized spacial score (nSPS) is 20.9. The smallest absolute Gasteiger partial charge is 0.123 e. The van der Waals surface area contributed by atoms with Gasteiger partial charge in [0.25, 0.3) is 0 Å². The molecule has 2 heterocycles. The molecule has 0 radical (unpaired) electrons. The van der Waals surface area contributed by atoms with Crippen LogP contribution in [0.5, 0.6) is 0 Å². The first-order valence-electron chi connectivity index (χ1n) is 7.87. The van der Waals surface area contributed by atoms with Gasteiger partial charge in [-0.3, -0.25) is 9.58 Å². The summed E-state index contributed by atoms with van der Waals surface area (Å²) in [7, 11) is 0. The van der Waals surface area contributed by atoms with Crippen molar-refractivity contribution in [1.29, 1.82) is 0 Å². The summed E-state index contributed by atoms with van der Waals surface area (Å²) in [5.74, 6) is -0.273. The molecule has 0 bridgehead atoms. The standard InChI is InChI=1S/C17H22FN3O/c18-15-7-5-14(6-8-15)17(22)13-20-10-2-1-4-16(20)12-21-11-3-9-19-21/h3,5-9,11,16-17,22H,1-2,4,10,12-13H2/t16-,17-/m0/s1. The molecule has 1 saturated heterocycles. The molecule has 5 heteroatoms. The number of benzene rings is 1. The molecule has 0 saturated carbocycles. The number of likely N-dealkylation sites (tertiary alicyclic amines) is 1. The predicted octanol–water partition coefficient (Wildman–Crippen LogP) is 2.61. The van der Waals surface area contributed by atoms with E-state index in [4.69, 9.17) is 0 Å². The van der Waals surface area contributed by atoms with Crippen molar-refractivity contribution in [2.45, 2.75) is 38.0 Å². The maximum atomic E-state index is 13.0. The van der Waals surface area contributed by atoms with Crippen molar-refractivity contribution in [2.24, 2.45) is 0 Å². The topological polar surface area (TPSA) is 41.3 Å². The fraction of sp³-hybridized carbons (Fsp3) is 0.471. The van der Waals surface area contributed by atoms with Gasteiger partial charge in [0.2, 0.25) is 0 Å². The van der Waals surface area contributed by atoms with Gasteiger partial charge in [-0.2, -0.15) is 5.10 Å². The van der Waals surface area contributed by atoms with Crippen LogP contribution in [0, 0.1) is 5.82 Å². The van der Waals surface area contributed by atoms with Gasteiger partial charge in [-0.15, -0.1) is 0 Å². The van der Waals surface area contributed by atoms with E-state index in [9.17, 15) is 9.50 Å². The summed E-state index contributed by atoms with van der Waals surface area (Å²) in [6, 6.07) is 8.44. The SMILES string of the molecule is O[C@@H](CN1CCCC[C@H]1Cn1cccn1)c1ccc(F)cc1. The van der Waals surface area contributed by atoms with E-state index < -0.39 is 6.10 Å². The third-order valence-electron chi connectivity index (χ3n) is 4.37. The Kier molecular flexibility index (Phi) is 4.85. The largest absolute Gasteiger partial charge is 0.387 e. The minimum absolute atomic E-state index is 0.273. The molecule has 1 aromatic heterocycles. The van der Waals surface area contributed by atoms with Crippen LogP contribution in [-0.2, 0) is 6.54 Å². The monoisotopic (exact) mass is 303 g/mol. The molecular weight excluding hydrogens is 281 g/mol. The van der Waals surface area contributed by atoms with Gasteiger partial charge in [0, 0.05) is 25.0 Å². The molecule has 3 rings (SSSR count). The van der Waals surface area contributed by atoms with Gasteiger partial charge in [0.15, 0.2) is 0 Å². The second-order valence-corrected chi connectivity index (χ2v) is 5.94. The quantitative estimate of drug-likeness (QED) is 0.923. The summed E-state index contributed by atoms with van der Waals surface area (Å²) in [5, 5.41) is 14.7. The Labute approximate surface area is 130 Å². The van der Waals surface area contributed by atoms with Gasteiger partial charge >= 0.3 is 0 Å². The number of hydrogen-bond acceptors (Lipinski definition) is 3. The molecular formula is C17H22FN3O. The Balaban J connectivity index is 1.64. The van der Waals surface area contributed by atoms with Gasteiger partial charge < -0.3 is 5.11 Å². The summed E-state index contributed by atoms with van der Waals surface area (Å²) in [5.41, 5.74) is 0.768. The van der Waals surface area contributed by atoms with Crippen molar-refractivity contribution in [3.63, 3.8) is 0 Å². The highest BCUT2D eigenvalue weighted by atomic mass is 19.1. The van der Waals surface area contributed by atoms with Crippen LogP contribution in [0.3, 0.4) is 0 Å². The lowest BCUT2D eigenvalue weighted by Gasteiger charge is -2.36. The number of piperidine rings is 1. The average Bonchev–Trinajstić information content (AvgIpc) is 3.03. The van der Waals surface area contributed by atoms with Crippen LogP contribution in [0.25, 0.3) is 0 Å². The summed E-state index contributed by atoms with van der Waals surface area (Å²) in [6.07, 6.45) is 6.68. The number of nitrogens with zero attached hydrogens (tertiary/aromatic N) is 3. The fourth-order valence-corrected chi connectivity index (χ4v) is 3.14. The molecule has 0 unspecified atom stereocenters. The Hall–Kier alpha value is -1.72. The van der Waals surface area contributed by atoms with Gasteiger partial charge in [-0.1, -0.05) is 18.6 Å². The molecule has 22 heavy (non-hydrogen) atoms. The lowest BCUT2D eigenvalue weighted by molar-refractivity contribution is 0.0591. The summed E-state index contributed by atoms with van der Waals surface area (Å²) < 4.78 is 14.9. The van der Waals surface area contributed by atoms with E-state index in [0.29, 0.717) is 12.6 Å². The number of β-amino-alcohol motifs (C(OH)–C–C–N with tert-alkyl or cyclic N) is 1. The van der Waals surface area contributed by atoms with E-state index >= 15 is 0 Å². The van der Waals surface area contributed by atoms with Crippen LogP contribution >= 0.6 is 0 Å². The Bertz CT molecular complexity index is 570. The summed E-state index contributed by atoms with van der Waals surface area (Å²) in [6.45, 7) is 2.42. The second kappa shape index (κ2) is 7.03. The van der Waals surface area contributed by atoms with Gasteiger partial charge in [-0.05, 0) is 43.1 Å². The maximum absolute atomic E-state index is 13.0. The highest BCUT2D eigenvalue weighted by Crippen LogP contribution is 2.22. The number of rotatable bonds is 5. The van der Waals surface area contributed by atoms with Crippen LogP contribution in [-0.4, -0.2) is 38.9 Å². The molecule has 0 aliphatic carbocycles. The minimum Gasteiger partial charge on any atom is -0.387 e. The molecule has 0 spiro atoms. The van der Waals surface area contributed by atoms with Gasteiger partial charge in [0.1, 0.15) is 5.82 Å². The van der Waals surface area contributed by atoms with Crippen LogP contribution in [0.1, 0.15) is 30.9 Å². The first-order valence-corrected chi connectivity index (χ1v) is 7.87. The van der Waals surface area contributed by atoms with Crippen molar-refractivity contribution in [2.75, 3.05) is 13.1 Å². The highest BCUT2D eigenvalue weighted by Gasteiger charge is 2.25. The minimum atomic E-state index is -0.584. The zero-order valence-electron chi connectivity index (χ0n) is 12.6. The Morgan fingerprint density at radius 3 is 2.82 bits per heavy atom. The lowest BCUT2D eigenvalue weighted by atomic mass is 10.00. The van der Waals surface area contributed by atoms with E-state index in [-0.39, 0.29) is 5.82 Å². The third kappa shape index (κ3) is 3.72. The van der Waals surface area contributed by atoms with Crippen molar-refractivity contribution in [3.05, 3.63) is 54.1 Å². The van der Waals surface area contributed by atoms with E-state index in [0.717, 1.165) is 31.5 Å². The molecule has 1 aliphatic heterocycles. The predicted molar refractivity (Wildman–Crippen MR) is 82.8 cm³/mol. The van der Waals surface area contributed by atoms with Gasteiger partial charge in [0.05, 0.1) is 12.6 Å². The third-order valence-corrected chi connectivity index (χ3v) is 4.37. The van der Waals surface area contributed by atoms with Crippen LogP contribution < -0.4 is 0 Å². The Morgan fingerprint density at radius 1 is 1.27 bits per heavy atom. The first kappa shape index (κ1) is 15.2. The van der Waals surface area contributed by atoms with Crippen molar-refractivity contribution in [3.8, 4) is 0 Å². The summed E-state index contributed by atoms with van der Waals surface area (Å²) in [4.78, 5) is 2.33. The van der Waals surface area contributed by atoms with E-state index in [1.165, 1.54) is 18.6 Å². The highest BCUT2D eigenvalue weighted by molar-refractivity contribution is 5.18. The number of aliphatic hydroxyl groups excluding tert-OH is 1. The zero-order valence-corrected chi connectivity index (χ0v) is 12.6. The van der Waals surface area contributed by atoms with Crippen LogP contribution in [0.2, 0.25) is 0 Å². The molecule has 2 atom stereocenters. The van der Waals surface area contributed by atoms with E-state index in [1.807, 2.05) is 16.9 Å². The number of halogens is 1. The number of aliphatic hydroxyl groups is 1. The van der Waals surface area contributed by atoms with E-state index in [1.54, 1.807) is 18.3 Å². The molecule has 0 amide bonds. The second-order valence-electron chi connectivity index (χ2n) is 5.94. The van der Waals surface area contributed by atoms with E-state index in [2.05, 4.69) is 10.00 Å². The molecule has 4 nitrogen and oxygen atoms in total. The molecule has 2 aromatic rings. The Morgan fingerprint density at radius 2 is 2.09 bits per heavy atom. The average molecular weight is 303 g/mol. The molecule has 118 valence electrons. The van der Waals surface area contributed by atoms with Crippen LogP contribution in [0.15, 0.2) is 42.7 Å². The molecule has 1 fully saturated rings. The molecule has 1 aromatic carbocycles.